The Bertz CT molecular complexity index is 483. The van der Waals surface area contributed by atoms with Gasteiger partial charge in [-0.1, -0.05) is 0 Å². The van der Waals surface area contributed by atoms with Gasteiger partial charge in [-0.15, -0.1) is 0 Å². The number of hydrazone groups is 1. The van der Waals surface area contributed by atoms with Crippen molar-refractivity contribution in [1.82, 2.24) is 5.43 Å². The van der Waals surface area contributed by atoms with Crippen molar-refractivity contribution in [3.63, 3.8) is 0 Å². The van der Waals surface area contributed by atoms with Crippen LogP contribution in [-0.4, -0.2) is 31.3 Å². The van der Waals surface area contributed by atoms with E-state index in [0.717, 1.165) is 43.6 Å². The first-order valence-corrected chi connectivity index (χ1v) is 9.41. The highest BCUT2D eigenvalue weighted by Gasteiger charge is 2.54. The summed E-state index contributed by atoms with van der Waals surface area (Å²) in [6, 6.07) is 0. The summed E-state index contributed by atoms with van der Waals surface area (Å²) >= 11 is 0. The van der Waals surface area contributed by atoms with Crippen molar-refractivity contribution in [2.75, 3.05) is 19.6 Å². The predicted octanol–water partition coefficient (Wildman–Crippen LogP) is 0.983. The van der Waals surface area contributed by atoms with Gasteiger partial charge >= 0.3 is 0 Å². The number of quaternary nitrogens is 1. The van der Waals surface area contributed by atoms with Gasteiger partial charge in [0.2, 0.25) is 5.91 Å². The Labute approximate surface area is 132 Å². The van der Waals surface area contributed by atoms with Crippen molar-refractivity contribution >= 4 is 11.6 Å². The average molecular weight is 302 g/mol. The molecule has 4 heteroatoms. The van der Waals surface area contributed by atoms with Gasteiger partial charge in [-0.05, 0) is 56.3 Å². The van der Waals surface area contributed by atoms with E-state index in [-0.39, 0.29) is 11.3 Å². The molecule has 0 aromatic carbocycles. The van der Waals surface area contributed by atoms with E-state index in [1.807, 2.05) is 0 Å². The molecule has 0 radical (unpaired) electrons. The normalized spacial score (nSPS) is 50.5. The molecule has 120 valence electrons. The minimum atomic E-state index is -0.0559. The fourth-order valence-corrected chi connectivity index (χ4v) is 6.70. The monoisotopic (exact) mass is 302 g/mol. The van der Waals surface area contributed by atoms with E-state index < -0.39 is 0 Å². The Hall–Kier alpha value is -0.900. The van der Waals surface area contributed by atoms with Crippen molar-refractivity contribution in [3.05, 3.63) is 0 Å². The second-order valence-electron chi connectivity index (χ2n) is 8.94. The Kier molecular flexibility index (Phi) is 2.95. The number of carbonyl (C=O) groups excluding carboxylic acids is 1. The summed E-state index contributed by atoms with van der Waals surface area (Å²) in [5, 5.41) is 4.62. The van der Waals surface area contributed by atoms with Gasteiger partial charge in [0.05, 0.1) is 24.2 Å². The Morgan fingerprint density at radius 2 is 1.64 bits per heavy atom. The lowest BCUT2D eigenvalue weighted by molar-refractivity contribution is -0.902. The lowest BCUT2D eigenvalue weighted by atomic mass is 9.49. The Balaban J connectivity index is 1.31. The molecule has 1 amide bonds. The largest absolute Gasteiger partial charge is 0.330 e. The maximum absolute atomic E-state index is 12.9. The van der Waals surface area contributed by atoms with Gasteiger partial charge in [-0.2, -0.15) is 5.10 Å². The second-order valence-corrected chi connectivity index (χ2v) is 8.94. The number of carbonyl (C=O) groups is 1. The van der Waals surface area contributed by atoms with Crippen LogP contribution in [0.5, 0.6) is 0 Å². The zero-order chi connectivity index (χ0) is 14.7. The summed E-state index contributed by atoms with van der Waals surface area (Å²) in [6.45, 7) is 3.66. The van der Waals surface area contributed by atoms with Gasteiger partial charge in [-0.3, -0.25) is 4.79 Å². The lowest BCUT2D eigenvalue weighted by Crippen LogP contribution is -3.16. The van der Waals surface area contributed by atoms with Crippen molar-refractivity contribution in [2.45, 2.75) is 51.4 Å². The smallest absolute Gasteiger partial charge is 0.246 e. The maximum Gasteiger partial charge on any atom is 0.246 e. The minimum Gasteiger partial charge on any atom is -0.330 e. The lowest BCUT2D eigenvalue weighted by Gasteiger charge is -2.55. The first-order valence-electron chi connectivity index (χ1n) is 9.41. The molecule has 2 N–H and O–H groups in total. The van der Waals surface area contributed by atoms with Crippen LogP contribution < -0.4 is 10.3 Å². The van der Waals surface area contributed by atoms with E-state index in [0.29, 0.717) is 5.92 Å². The average Bonchev–Trinajstić information content (AvgIpc) is 2.52. The minimum absolute atomic E-state index is 0.0559. The van der Waals surface area contributed by atoms with Crippen LogP contribution in [0.1, 0.15) is 51.4 Å². The van der Waals surface area contributed by atoms with Crippen molar-refractivity contribution < 1.29 is 9.69 Å². The van der Waals surface area contributed by atoms with Crippen molar-refractivity contribution in [3.8, 4) is 0 Å². The fraction of sp³-hybridized carbons (Fsp3) is 0.889. The molecule has 7 aliphatic rings. The van der Waals surface area contributed by atoms with Crippen LogP contribution >= 0.6 is 0 Å². The van der Waals surface area contributed by atoms with Crippen molar-refractivity contribution in [2.24, 2.45) is 34.2 Å². The predicted molar refractivity (Wildman–Crippen MR) is 84.5 cm³/mol. The summed E-state index contributed by atoms with van der Waals surface area (Å²) in [5.41, 5.74) is 4.24. The van der Waals surface area contributed by atoms with Crippen LogP contribution in [0.15, 0.2) is 5.10 Å². The zero-order valence-electron chi connectivity index (χ0n) is 13.4. The number of piperidine rings is 3. The summed E-state index contributed by atoms with van der Waals surface area (Å²) < 4.78 is 0. The number of hydrogen-bond acceptors (Lipinski definition) is 2. The molecule has 0 spiro atoms. The highest BCUT2D eigenvalue weighted by atomic mass is 16.2. The molecule has 0 unspecified atom stereocenters. The molecule has 22 heavy (non-hydrogen) atoms. The van der Waals surface area contributed by atoms with Crippen LogP contribution in [-0.2, 0) is 4.79 Å². The molecular weight excluding hydrogens is 274 g/mol. The zero-order valence-corrected chi connectivity index (χ0v) is 13.4. The van der Waals surface area contributed by atoms with Gasteiger partial charge in [0.25, 0.3) is 0 Å². The van der Waals surface area contributed by atoms with Crippen LogP contribution in [0.2, 0.25) is 0 Å². The van der Waals surface area contributed by atoms with Gasteiger partial charge in [0.15, 0.2) is 0 Å². The SMILES string of the molecule is O=C(N/N=C1/C[NH+]2CCC1CC2)C12CC3CC(CC(C3)C1)C2. The summed E-state index contributed by atoms with van der Waals surface area (Å²) in [4.78, 5) is 14.6. The van der Waals surface area contributed by atoms with Gasteiger partial charge < -0.3 is 4.90 Å². The molecule has 0 atom stereocenters. The van der Waals surface area contributed by atoms with E-state index in [2.05, 4.69) is 10.5 Å². The van der Waals surface area contributed by atoms with E-state index in [4.69, 9.17) is 0 Å². The Morgan fingerprint density at radius 3 is 2.14 bits per heavy atom. The topological polar surface area (TPSA) is 45.9 Å². The number of nitrogens with one attached hydrogen (secondary N) is 2. The summed E-state index contributed by atoms with van der Waals surface area (Å²) in [5.74, 6) is 3.38. The first-order chi connectivity index (χ1) is 10.7. The molecule has 6 bridgehead atoms. The van der Waals surface area contributed by atoms with Gasteiger partial charge in [-0.25, -0.2) is 5.43 Å². The first kappa shape index (κ1) is 13.5. The fourth-order valence-electron chi connectivity index (χ4n) is 6.70. The Morgan fingerprint density at radius 1 is 1.05 bits per heavy atom. The third-order valence-corrected chi connectivity index (χ3v) is 7.42. The molecule has 0 aromatic rings. The van der Waals surface area contributed by atoms with E-state index in [1.165, 1.54) is 50.9 Å². The van der Waals surface area contributed by atoms with Crippen LogP contribution in [0.25, 0.3) is 0 Å². The number of amides is 1. The molecule has 3 heterocycles. The standard InChI is InChI=1S/C18H27N3O/c22-17(20-19-16-11-21-3-1-15(16)2-4-21)18-8-12-5-13(9-18)7-14(6-12)10-18/h12-15H,1-11H2,(H,20,22)/p+1/b19-16-. The maximum atomic E-state index is 12.9. The molecule has 4 aliphatic carbocycles. The third-order valence-electron chi connectivity index (χ3n) is 7.42. The number of hydrogen-bond donors (Lipinski definition) is 2. The molecule has 4 saturated carbocycles. The molecule has 7 rings (SSSR count). The van der Waals surface area contributed by atoms with Crippen LogP contribution in [0, 0.1) is 29.1 Å². The number of nitrogens with zero attached hydrogens (tertiary/aromatic N) is 1. The number of rotatable bonds is 2. The molecule has 3 saturated heterocycles. The molecule has 3 aliphatic heterocycles. The molecular formula is C18H28N3O+. The highest BCUT2D eigenvalue weighted by molar-refractivity contribution is 5.91. The molecule has 0 aromatic heterocycles. The quantitative estimate of drug-likeness (QED) is 0.734. The summed E-state index contributed by atoms with van der Waals surface area (Å²) in [7, 11) is 0. The second kappa shape index (κ2) is 4.80. The van der Waals surface area contributed by atoms with Crippen LogP contribution in [0.4, 0.5) is 0 Å². The van der Waals surface area contributed by atoms with Crippen LogP contribution in [0.3, 0.4) is 0 Å². The summed E-state index contributed by atoms with van der Waals surface area (Å²) in [6.07, 6.45) is 10.1. The van der Waals surface area contributed by atoms with Crippen molar-refractivity contribution in [1.29, 1.82) is 0 Å². The third kappa shape index (κ3) is 2.06. The van der Waals surface area contributed by atoms with Gasteiger partial charge in [0, 0.05) is 18.8 Å². The highest BCUT2D eigenvalue weighted by Crippen LogP contribution is 2.60. The van der Waals surface area contributed by atoms with E-state index in [1.54, 1.807) is 4.90 Å². The molecule has 7 fully saturated rings. The number of fused-ring (bicyclic) bond motifs is 3. The van der Waals surface area contributed by atoms with E-state index in [9.17, 15) is 4.79 Å². The molecule has 4 nitrogen and oxygen atoms in total. The van der Waals surface area contributed by atoms with Gasteiger partial charge in [0.1, 0.15) is 6.54 Å². The van der Waals surface area contributed by atoms with E-state index >= 15 is 0 Å².